The van der Waals surface area contributed by atoms with Crippen LogP contribution >= 0.6 is 0 Å². The van der Waals surface area contributed by atoms with Gasteiger partial charge in [-0.15, -0.1) is 0 Å². The molecule has 0 spiro atoms. The Balaban J connectivity index is 2.43. The van der Waals surface area contributed by atoms with Crippen LogP contribution in [0.15, 0.2) is 42.7 Å². The Bertz CT molecular complexity index is 472. The first-order chi connectivity index (χ1) is 7.31. The van der Waals surface area contributed by atoms with E-state index < -0.39 is 0 Å². The topological polar surface area (TPSA) is 17.8 Å². The molecule has 2 aromatic rings. The van der Waals surface area contributed by atoms with Crippen LogP contribution in [0.3, 0.4) is 0 Å². The summed E-state index contributed by atoms with van der Waals surface area (Å²) in [5.41, 5.74) is 1.24. The van der Waals surface area contributed by atoms with Crippen molar-refractivity contribution < 1.29 is 4.39 Å². The SMILES string of the molecule is [CH2]/C=C/c1ccc(-n2cccn2)c(F)c1. The van der Waals surface area contributed by atoms with Crippen molar-refractivity contribution in [3.05, 3.63) is 61.0 Å². The summed E-state index contributed by atoms with van der Waals surface area (Å²) in [6, 6.07) is 6.72. The second-order valence-corrected chi connectivity index (χ2v) is 3.06. The van der Waals surface area contributed by atoms with Gasteiger partial charge in [0.1, 0.15) is 11.5 Å². The molecule has 0 saturated carbocycles. The molecule has 1 heterocycles. The minimum Gasteiger partial charge on any atom is -0.238 e. The lowest BCUT2D eigenvalue weighted by Gasteiger charge is -2.03. The van der Waals surface area contributed by atoms with Gasteiger partial charge in [0.2, 0.25) is 0 Å². The molecule has 0 fully saturated rings. The average molecular weight is 201 g/mol. The molecule has 0 amide bonds. The Labute approximate surface area is 87.7 Å². The third-order valence-corrected chi connectivity index (χ3v) is 2.03. The average Bonchev–Trinajstić information content (AvgIpc) is 2.71. The van der Waals surface area contributed by atoms with E-state index in [4.69, 9.17) is 0 Å². The molecule has 0 aliphatic rings. The van der Waals surface area contributed by atoms with Gasteiger partial charge in [0.15, 0.2) is 0 Å². The van der Waals surface area contributed by atoms with E-state index in [0.29, 0.717) is 5.69 Å². The smallest absolute Gasteiger partial charge is 0.149 e. The van der Waals surface area contributed by atoms with Gasteiger partial charge in [0.25, 0.3) is 0 Å². The summed E-state index contributed by atoms with van der Waals surface area (Å²) in [5.74, 6) is -0.297. The maximum Gasteiger partial charge on any atom is 0.149 e. The molecule has 0 bridgehead atoms. The number of rotatable bonds is 2. The lowest BCUT2D eigenvalue weighted by atomic mass is 10.2. The highest BCUT2D eigenvalue weighted by molar-refractivity contribution is 5.52. The minimum absolute atomic E-state index is 0.297. The first-order valence-electron chi connectivity index (χ1n) is 4.56. The number of aromatic nitrogens is 2. The second kappa shape index (κ2) is 4.09. The fourth-order valence-corrected chi connectivity index (χ4v) is 1.36. The summed E-state index contributed by atoms with van der Waals surface area (Å²) >= 11 is 0. The normalized spacial score (nSPS) is 11.1. The van der Waals surface area contributed by atoms with Gasteiger partial charge in [-0.25, -0.2) is 9.07 Å². The molecule has 2 rings (SSSR count). The highest BCUT2D eigenvalue weighted by Gasteiger charge is 2.04. The Hall–Kier alpha value is -1.90. The van der Waals surface area contributed by atoms with Crippen molar-refractivity contribution in [1.29, 1.82) is 0 Å². The first kappa shape index (κ1) is 9.65. The molecule has 75 valence electrons. The Morgan fingerprint density at radius 3 is 2.87 bits per heavy atom. The third kappa shape index (κ3) is 1.96. The summed E-state index contributed by atoms with van der Waals surface area (Å²) in [7, 11) is 0. The third-order valence-electron chi connectivity index (χ3n) is 2.03. The van der Waals surface area contributed by atoms with Crippen molar-refractivity contribution in [2.24, 2.45) is 0 Å². The van der Waals surface area contributed by atoms with E-state index in [1.807, 2.05) is 6.07 Å². The molecule has 1 aromatic carbocycles. The zero-order valence-corrected chi connectivity index (χ0v) is 8.10. The predicted molar refractivity (Wildman–Crippen MR) is 57.9 cm³/mol. The Morgan fingerprint density at radius 1 is 1.40 bits per heavy atom. The molecule has 0 unspecified atom stereocenters. The van der Waals surface area contributed by atoms with Crippen molar-refractivity contribution >= 4 is 6.08 Å². The molecule has 0 atom stereocenters. The molecule has 3 heteroatoms. The molecule has 1 radical (unpaired) electrons. The van der Waals surface area contributed by atoms with Gasteiger partial charge in [-0.2, -0.15) is 5.10 Å². The van der Waals surface area contributed by atoms with Crippen LogP contribution in [0.4, 0.5) is 4.39 Å². The second-order valence-electron chi connectivity index (χ2n) is 3.06. The van der Waals surface area contributed by atoms with Crippen molar-refractivity contribution in [3.8, 4) is 5.69 Å². The maximum absolute atomic E-state index is 13.6. The van der Waals surface area contributed by atoms with Crippen LogP contribution in [0.1, 0.15) is 5.56 Å². The quantitative estimate of drug-likeness (QED) is 0.730. The van der Waals surface area contributed by atoms with Crippen LogP contribution in [-0.2, 0) is 0 Å². The van der Waals surface area contributed by atoms with E-state index >= 15 is 0 Å². The molecule has 0 N–H and O–H groups in total. The van der Waals surface area contributed by atoms with Gasteiger partial charge in [0, 0.05) is 12.4 Å². The van der Waals surface area contributed by atoms with Crippen LogP contribution in [0.5, 0.6) is 0 Å². The maximum atomic E-state index is 13.6. The molecule has 2 nitrogen and oxygen atoms in total. The number of nitrogens with zero attached hydrogens (tertiary/aromatic N) is 2. The zero-order chi connectivity index (χ0) is 10.7. The van der Waals surface area contributed by atoms with Crippen LogP contribution in [0.2, 0.25) is 0 Å². The zero-order valence-electron chi connectivity index (χ0n) is 8.10. The fraction of sp³-hybridized carbons (Fsp3) is 0. The van der Waals surface area contributed by atoms with Gasteiger partial charge >= 0.3 is 0 Å². The molecule has 0 aliphatic carbocycles. The van der Waals surface area contributed by atoms with Crippen molar-refractivity contribution in [2.75, 3.05) is 0 Å². The fourth-order valence-electron chi connectivity index (χ4n) is 1.36. The number of benzene rings is 1. The number of hydrogen-bond donors (Lipinski definition) is 0. The lowest BCUT2D eigenvalue weighted by molar-refractivity contribution is 0.610. The van der Waals surface area contributed by atoms with Gasteiger partial charge in [0.05, 0.1) is 0 Å². The first-order valence-corrected chi connectivity index (χ1v) is 4.56. The number of halogens is 1. The van der Waals surface area contributed by atoms with E-state index in [0.717, 1.165) is 5.56 Å². The van der Waals surface area contributed by atoms with Crippen LogP contribution < -0.4 is 0 Å². The van der Waals surface area contributed by atoms with E-state index in [2.05, 4.69) is 12.0 Å². The monoisotopic (exact) mass is 201 g/mol. The Morgan fingerprint density at radius 2 is 2.27 bits per heavy atom. The number of allylic oxidation sites excluding steroid dienone is 1. The Kier molecular flexibility index (Phi) is 2.63. The minimum atomic E-state index is -0.297. The lowest BCUT2D eigenvalue weighted by Crippen LogP contribution is -1.97. The van der Waals surface area contributed by atoms with E-state index in [1.54, 1.807) is 36.7 Å². The summed E-state index contributed by atoms with van der Waals surface area (Å²) in [6.07, 6.45) is 6.69. The van der Waals surface area contributed by atoms with Gasteiger partial charge in [-0.05, 0) is 30.7 Å². The van der Waals surface area contributed by atoms with Crippen LogP contribution in [-0.4, -0.2) is 9.78 Å². The highest BCUT2D eigenvalue weighted by atomic mass is 19.1. The largest absolute Gasteiger partial charge is 0.238 e. The van der Waals surface area contributed by atoms with Gasteiger partial charge in [-0.1, -0.05) is 18.2 Å². The van der Waals surface area contributed by atoms with E-state index in [9.17, 15) is 4.39 Å². The highest BCUT2D eigenvalue weighted by Crippen LogP contribution is 2.15. The molecular formula is C12H10FN2. The molecule has 15 heavy (non-hydrogen) atoms. The van der Waals surface area contributed by atoms with Crippen molar-refractivity contribution in [1.82, 2.24) is 9.78 Å². The predicted octanol–water partition coefficient (Wildman–Crippen LogP) is 2.86. The molecule has 1 aromatic heterocycles. The standard InChI is InChI=1S/C12H10FN2/c1-2-4-10-5-6-12(11(13)9-10)15-8-3-7-14-15/h2-9H,1H2/b4-2+. The van der Waals surface area contributed by atoms with E-state index in [-0.39, 0.29) is 5.82 Å². The van der Waals surface area contributed by atoms with Crippen LogP contribution in [0, 0.1) is 12.7 Å². The molecular weight excluding hydrogens is 191 g/mol. The summed E-state index contributed by atoms with van der Waals surface area (Å²) in [6.45, 7) is 3.56. The van der Waals surface area contributed by atoms with Crippen molar-refractivity contribution in [3.63, 3.8) is 0 Å². The van der Waals surface area contributed by atoms with Gasteiger partial charge in [-0.3, -0.25) is 0 Å². The number of hydrogen-bond acceptors (Lipinski definition) is 1. The summed E-state index contributed by atoms with van der Waals surface area (Å²) in [4.78, 5) is 0. The molecule has 0 aliphatic heterocycles. The summed E-state index contributed by atoms with van der Waals surface area (Å²) in [5, 5.41) is 3.97. The van der Waals surface area contributed by atoms with Crippen molar-refractivity contribution in [2.45, 2.75) is 0 Å². The van der Waals surface area contributed by atoms with Crippen LogP contribution in [0.25, 0.3) is 11.8 Å². The van der Waals surface area contributed by atoms with E-state index in [1.165, 1.54) is 10.7 Å². The van der Waals surface area contributed by atoms with Gasteiger partial charge < -0.3 is 0 Å². The summed E-state index contributed by atoms with van der Waals surface area (Å²) < 4.78 is 15.1. The molecule has 0 saturated heterocycles.